The summed E-state index contributed by atoms with van der Waals surface area (Å²) in [5.41, 5.74) is 0.585. The van der Waals surface area contributed by atoms with E-state index in [9.17, 15) is 9.90 Å². The van der Waals surface area contributed by atoms with E-state index in [0.29, 0.717) is 22.7 Å². The average Bonchev–Trinajstić information content (AvgIpc) is 2.60. The van der Waals surface area contributed by atoms with Crippen LogP contribution in [0.1, 0.15) is 25.8 Å². The molecule has 0 saturated heterocycles. The zero-order valence-corrected chi connectivity index (χ0v) is 15.8. The molecule has 0 unspecified atom stereocenters. The van der Waals surface area contributed by atoms with Crippen LogP contribution in [-0.2, 0) is 10.2 Å². The van der Waals surface area contributed by atoms with Gasteiger partial charge in [-0.25, -0.2) is 0 Å². The molecule has 2 aromatic rings. The van der Waals surface area contributed by atoms with Crippen molar-refractivity contribution >= 4 is 11.6 Å². The normalized spacial score (nSPS) is 11.0. The molecule has 0 radical (unpaired) electrons. The highest BCUT2D eigenvalue weighted by molar-refractivity contribution is 5.91. The highest BCUT2D eigenvalue weighted by Gasteiger charge is 2.31. The highest BCUT2D eigenvalue weighted by Crippen LogP contribution is 2.43. The standard InChI is InChI=1S/C20H25NO5/c1-20(2,19-16(22)10-15(25-4)11-17(19)26-5)12-18(23)21-13-6-8-14(24-3)9-7-13/h6-11,22H,12H2,1-5H3,(H,21,23). The number of hydrogen-bond acceptors (Lipinski definition) is 5. The Morgan fingerprint density at radius 2 is 1.62 bits per heavy atom. The zero-order chi connectivity index (χ0) is 19.3. The van der Waals surface area contributed by atoms with E-state index < -0.39 is 5.41 Å². The van der Waals surface area contributed by atoms with Crippen LogP contribution in [0.5, 0.6) is 23.0 Å². The summed E-state index contributed by atoms with van der Waals surface area (Å²) < 4.78 is 15.7. The second kappa shape index (κ2) is 7.99. The van der Waals surface area contributed by atoms with Gasteiger partial charge in [0.15, 0.2) is 0 Å². The maximum atomic E-state index is 12.5. The minimum absolute atomic E-state index is 0.0310. The van der Waals surface area contributed by atoms with Crippen LogP contribution in [0.2, 0.25) is 0 Å². The number of carbonyl (C=O) groups is 1. The summed E-state index contributed by atoms with van der Waals surface area (Å²) in [6, 6.07) is 10.3. The minimum atomic E-state index is -0.655. The van der Waals surface area contributed by atoms with Crippen LogP contribution in [0.15, 0.2) is 36.4 Å². The molecular weight excluding hydrogens is 334 g/mol. The van der Waals surface area contributed by atoms with Gasteiger partial charge in [-0.1, -0.05) is 13.8 Å². The maximum absolute atomic E-state index is 12.5. The number of carbonyl (C=O) groups excluding carboxylic acids is 1. The molecule has 0 spiro atoms. The molecule has 6 heteroatoms. The molecule has 0 atom stereocenters. The van der Waals surface area contributed by atoms with Gasteiger partial charge >= 0.3 is 0 Å². The number of hydrogen-bond donors (Lipinski definition) is 2. The van der Waals surface area contributed by atoms with E-state index in [1.807, 2.05) is 13.8 Å². The van der Waals surface area contributed by atoms with Crippen molar-refractivity contribution in [2.75, 3.05) is 26.6 Å². The predicted molar refractivity (Wildman–Crippen MR) is 100 cm³/mol. The molecule has 0 aromatic heterocycles. The van der Waals surface area contributed by atoms with Gasteiger partial charge in [-0.2, -0.15) is 0 Å². The van der Waals surface area contributed by atoms with E-state index in [1.165, 1.54) is 20.3 Å². The molecule has 0 bridgehead atoms. The third kappa shape index (κ3) is 4.39. The SMILES string of the molecule is COc1ccc(NC(=O)CC(C)(C)c2c(O)cc(OC)cc2OC)cc1. The van der Waals surface area contributed by atoms with Gasteiger partial charge in [0.05, 0.1) is 21.3 Å². The van der Waals surface area contributed by atoms with Crippen molar-refractivity contribution < 1.29 is 24.1 Å². The van der Waals surface area contributed by atoms with Gasteiger partial charge in [0, 0.05) is 35.2 Å². The molecule has 0 heterocycles. The molecule has 2 N–H and O–H groups in total. The first-order chi connectivity index (χ1) is 12.3. The molecule has 0 aliphatic carbocycles. The first-order valence-electron chi connectivity index (χ1n) is 8.20. The van der Waals surface area contributed by atoms with Crippen molar-refractivity contribution in [2.24, 2.45) is 0 Å². The summed E-state index contributed by atoms with van der Waals surface area (Å²) >= 11 is 0. The topological polar surface area (TPSA) is 77.0 Å². The fourth-order valence-electron chi connectivity index (χ4n) is 2.90. The predicted octanol–water partition coefficient (Wildman–Crippen LogP) is 3.72. The molecular formula is C20H25NO5. The molecule has 140 valence electrons. The minimum Gasteiger partial charge on any atom is -0.507 e. The lowest BCUT2D eigenvalue weighted by Crippen LogP contribution is -2.26. The molecule has 26 heavy (non-hydrogen) atoms. The number of phenolic OH excluding ortho intramolecular Hbond substituents is 1. The summed E-state index contributed by atoms with van der Waals surface area (Å²) in [6.45, 7) is 3.76. The summed E-state index contributed by atoms with van der Waals surface area (Å²) in [7, 11) is 4.62. The lowest BCUT2D eigenvalue weighted by atomic mass is 9.80. The number of anilines is 1. The Morgan fingerprint density at radius 3 is 2.15 bits per heavy atom. The van der Waals surface area contributed by atoms with Gasteiger partial charge in [0.25, 0.3) is 0 Å². The third-order valence-corrected chi connectivity index (χ3v) is 4.16. The summed E-state index contributed by atoms with van der Waals surface area (Å²) in [4.78, 5) is 12.5. The van der Waals surface area contributed by atoms with Gasteiger partial charge in [0.2, 0.25) is 5.91 Å². The van der Waals surface area contributed by atoms with E-state index in [1.54, 1.807) is 37.4 Å². The Labute approximate surface area is 153 Å². The first kappa shape index (κ1) is 19.4. The van der Waals surface area contributed by atoms with Gasteiger partial charge < -0.3 is 24.6 Å². The number of amides is 1. The van der Waals surface area contributed by atoms with Crippen LogP contribution >= 0.6 is 0 Å². The van der Waals surface area contributed by atoms with E-state index in [-0.39, 0.29) is 18.1 Å². The maximum Gasteiger partial charge on any atom is 0.225 e. The van der Waals surface area contributed by atoms with Crippen LogP contribution in [0.25, 0.3) is 0 Å². The molecule has 6 nitrogen and oxygen atoms in total. The van der Waals surface area contributed by atoms with E-state index in [4.69, 9.17) is 14.2 Å². The van der Waals surface area contributed by atoms with E-state index >= 15 is 0 Å². The van der Waals surface area contributed by atoms with Crippen LogP contribution in [0.4, 0.5) is 5.69 Å². The van der Waals surface area contributed by atoms with E-state index in [2.05, 4.69) is 5.32 Å². The summed E-state index contributed by atoms with van der Waals surface area (Å²) in [5.74, 6) is 1.54. The Kier molecular flexibility index (Phi) is 5.97. The van der Waals surface area contributed by atoms with Gasteiger partial charge in [0.1, 0.15) is 23.0 Å². The second-order valence-electron chi connectivity index (χ2n) is 6.56. The highest BCUT2D eigenvalue weighted by atomic mass is 16.5. The smallest absolute Gasteiger partial charge is 0.225 e. The third-order valence-electron chi connectivity index (χ3n) is 4.16. The number of benzene rings is 2. The van der Waals surface area contributed by atoms with Crippen LogP contribution in [0.3, 0.4) is 0 Å². The van der Waals surface area contributed by atoms with Gasteiger partial charge in [-0.15, -0.1) is 0 Å². The summed E-state index contributed by atoms with van der Waals surface area (Å²) in [6.07, 6.45) is 0.162. The molecule has 0 fully saturated rings. The number of aromatic hydroxyl groups is 1. The number of ether oxygens (including phenoxy) is 3. The van der Waals surface area contributed by atoms with Crippen LogP contribution < -0.4 is 19.5 Å². The lowest BCUT2D eigenvalue weighted by molar-refractivity contribution is -0.117. The lowest BCUT2D eigenvalue weighted by Gasteiger charge is -2.27. The summed E-state index contributed by atoms with van der Waals surface area (Å²) in [5, 5.41) is 13.3. The molecule has 2 rings (SSSR count). The van der Waals surface area contributed by atoms with Crippen LogP contribution in [-0.4, -0.2) is 32.3 Å². The van der Waals surface area contributed by atoms with Gasteiger partial charge in [-0.05, 0) is 24.3 Å². The Hall–Kier alpha value is -2.89. The largest absolute Gasteiger partial charge is 0.507 e. The second-order valence-corrected chi connectivity index (χ2v) is 6.56. The number of nitrogens with one attached hydrogen (secondary N) is 1. The van der Waals surface area contributed by atoms with Gasteiger partial charge in [-0.3, -0.25) is 4.79 Å². The van der Waals surface area contributed by atoms with Crippen molar-refractivity contribution in [1.82, 2.24) is 0 Å². The molecule has 2 aromatic carbocycles. The zero-order valence-electron chi connectivity index (χ0n) is 15.8. The Bertz CT molecular complexity index is 769. The number of methoxy groups -OCH3 is 3. The molecule has 1 amide bonds. The fraction of sp³-hybridized carbons (Fsp3) is 0.350. The van der Waals surface area contributed by atoms with Crippen molar-refractivity contribution in [3.05, 3.63) is 42.0 Å². The molecule has 0 saturated carbocycles. The quantitative estimate of drug-likeness (QED) is 0.788. The molecule has 0 aliphatic rings. The monoisotopic (exact) mass is 359 g/mol. The van der Waals surface area contributed by atoms with Crippen LogP contribution in [0, 0.1) is 0 Å². The Morgan fingerprint density at radius 1 is 1.00 bits per heavy atom. The van der Waals surface area contributed by atoms with Crippen molar-refractivity contribution in [1.29, 1.82) is 0 Å². The van der Waals surface area contributed by atoms with Crippen molar-refractivity contribution in [3.8, 4) is 23.0 Å². The van der Waals surface area contributed by atoms with Crippen molar-refractivity contribution in [3.63, 3.8) is 0 Å². The number of rotatable bonds is 7. The van der Waals surface area contributed by atoms with Crippen molar-refractivity contribution in [2.45, 2.75) is 25.7 Å². The average molecular weight is 359 g/mol. The molecule has 0 aliphatic heterocycles. The van der Waals surface area contributed by atoms with E-state index in [0.717, 1.165) is 5.75 Å². The Balaban J connectivity index is 2.20. The fourth-order valence-corrected chi connectivity index (χ4v) is 2.90. The number of phenols is 1. The first-order valence-corrected chi connectivity index (χ1v) is 8.20.